The predicted octanol–water partition coefficient (Wildman–Crippen LogP) is 2.48. The van der Waals surface area contributed by atoms with Crippen molar-refractivity contribution in [3.63, 3.8) is 0 Å². The van der Waals surface area contributed by atoms with E-state index in [1.54, 1.807) is 23.4 Å². The molecule has 0 radical (unpaired) electrons. The Morgan fingerprint density at radius 3 is 2.75 bits per heavy atom. The molecule has 2 amide bonds. The molecule has 7 heteroatoms. The number of hydrogen-bond acceptors (Lipinski definition) is 3. The number of carbonyl (C=O) groups is 2. The third-order valence-corrected chi connectivity index (χ3v) is 4.84. The number of carbonyl (C=O) groups excluding carboxylic acids is 2. The number of pyridine rings is 1. The molecule has 1 unspecified atom stereocenters. The summed E-state index contributed by atoms with van der Waals surface area (Å²) in [6.45, 7) is 1.28. The van der Waals surface area contributed by atoms with Crippen molar-refractivity contribution in [1.82, 2.24) is 19.8 Å². The van der Waals surface area contributed by atoms with Crippen LogP contribution in [0.4, 0.5) is 4.39 Å². The van der Waals surface area contributed by atoms with E-state index in [1.807, 2.05) is 29.0 Å². The van der Waals surface area contributed by atoms with Gasteiger partial charge < -0.3 is 14.8 Å². The summed E-state index contributed by atoms with van der Waals surface area (Å²) in [4.78, 5) is 31.2. The average molecular weight is 378 g/mol. The summed E-state index contributed by atoms with van der Waals surface area (Å²) in [7, 11) is 0. The Kier molecular flexibility index (Phi) is 4.89. The fourth-order valence-corrected chi connectivity index (χ4v) is 3.38. The van der Waals surface area contributed by atoms with Gasteiger partial charge in [-0.25, -0.2) is 4.39 Å². The first-order valence-electron chi connectivity index (χ1n) is 9.00. The first kappa shape index (κ1) is 17.9. The maximum Gasteiger partial charge on any atom is 0.271 e. The molecule has 4 rings (SSSR count). The van der Waals surface area contributed by atoms with Crippen LogP contribution in [0.25, 0.3) is 0 Å². The van der Waals surface area contributed by atoms with Crippen molar-refractivity contribution in [3.05, 3.63) is 89.8 Å². The fourth-order valence-electron chi connectivity index (χ4n) is 3.38. The maximum atomic E-state index is 13.1. The van der Waals surface area contributed by atoms with Gasteiger partial charge in [0, 0.05) is 43.8 Å². The highest BCUT2D eigenvalue weighted by molar-refractivity contribution is 5.95. The minimum absolute atomic E-state index is 0.0823. The Bertz CT molecular complexity index is 985. The minimum Gasteiger partial charge on any atom is -0.350 e. The number of benzene rings is 1. The molecule has 0 spiro atoms. The average Bonchev–Trinajstić information content (AvgIpc) is 3.19. The van der Waals surface area contributed by atoms with Crippen molar-refractivity contribution < 1.29 is 14.0 Å². The van der Waals surface area contributed by atoms with Crippen LogP contribution in [-0.2, 0) is 13.1 Å². The second-order valence-electron chi connectivity index (χ2n) is 6.71. The monoisotopic (exact) mass is 378 g/mol. The van der Waals surface area contributed by atoms with Gasteiger partial charge in [-0.05, 0) is 48.0 Å². The highest BCUT2D eigenvalue weighted by Crippen LogP contribution is 2.20. The fraction of sp³-hybridized carbons (Fsp3) is 0.190. The molecule has 0 saturated heterocycles. The van der Waals surface area contributed by atoms with Crippen LogP contribution in [0.3, 0.4) is 0 Å². The van der Waals surface area contributed by atoms with Gasteiger partial charge in [-0.1, -0.05) is 6.07 Å². The van der Waals surface area contributed by atoms with Crippen LogP contribution in [0.5, 0.6) is 0 Å². The van der Waals surface area contributed by atoms with Gasteiger partial charge in [-0.15, -0.1) is 0 Å². The van der Waals surface area contributed by atoms with E-state index >= 15 is 0 Å². The van der Waals surface area contributed by atoms with Crippen molar-refractivity contribution in [1.29, 1.82) is 0 Å². The van der Waals surface area contributed by atoms with Gasteiger partial charge >= 0.3 is 0 Å². The molecule has 6 nitrogen and oxygen atoms in total. The molecule has 1 aliphatic rings. The standard InChI is InChI=1S/C21H19FN4O2/c22-17-7-5-16(6-8-17)20(27)24-12-18-14-25-10-2-4-19(25)21(28)26(18)13-15-3-1-9-23-11-15/h1-11,18H,12-14H2,(H,24,27). The smallest absolute Gasteiger partial charge is 0.271 e. The van der Waals surface area contributed by atoms with Crippen LogP contribution >= 0.6 is 0 Å². The lowest BCUT2D eigenvalue weighted by atomic mass is 10.1. The van der Waals surface area contributed by atoms with Crippen molar-refractivity contribution in [2.45, 2.75) is 19.1 Å². The molecule has 2 aromatic heterocycles. The van der Waals surface area contributed by atoms with Crippen molar-refractivity contribution in [2.24, 2.45) is 0 Å². The van der Waals surface area contributed by atoms with Crippen LogP contribution in [0, 0.1) is 5.82 Å². The van der Waals surface area contributed by atoms with E-state index in [2.05, 4.69) is 10.3 Å². The van der Waals surface area contributed by atoms with Crippen LogP contribution in [0.2, 0.25) is 0 Å². The number of hydrogen-bond donors (Lipinski definition) is 1. The molecular formula is C21H19FN4O2. The van der Waals surface area contributed by atoms with Gasteiger partial charge in [0.15, 0.2) is 0 Å². The summed E-state index contributed by atoms with van der Waals surface area (Å²) >= 11 is 0. The lowest BCUT2D eigenvalue weighted by Crippen LogP contribution is -2.52. The van der Waals surface area contributed by atoms with E-state index in [4.69, 9.17) is 0 Å². The minimum atomic E-state index is -0.391. The van der Waals surface area contributed by atoms with Crippen LogP contribution in [-0.4, -0.2) is 38.9 Å². The number of fused-ring (bicyclic) bond motifs is 1. The Morgan fingerprint density at radius 2 is 2.00 bits per heavy atom. The van der Waals surface area contributed by atoms with Crippen LogP contribution < -0.4 is 5.32 Å². The van der Waals surface area contributed by atoms with E-state index in [0.717, 1.165) is 5.56 Å². The molecule has 0 bridgehead atoms. The number of aromatic nitrogens is 2. The number of nitrogens with zero attached hydrogens (tertiary/aromatic N) is 3. The van der Waals surface area contributed by atoms with Gasteiger partial charge in [0.1, 0.15) is 11.5 Å². The van der Waals surface area contributed by atoms with Gasteiger partial charge in [0.2, 0.25) is 0 Å². The quantitative estimate of drug-likeness (QED) is 0.742. The Balaban J connectivity index is 1.51. The first-order valence-corrected chi connectivity index (χ1v) is 9.00. The van der Waals surface area contributed by atoms with E-state index in [9.17, 15) is 14.0 Å². The number of nitrogens with one attached hydrogen (secondary N) is 1. The van der Waals surface area contributed by atoms with Gasteiger partial charge in [-0.2, -0.15) is 0 Å². The summed E-state index contributed by atoms with van der Waals surface area (Å²) in [5.41, 5.74) is 1.93. The summed E-state index contributed by atoms with van der Waals surface area (Å²) in [6, 6.07) is 12.6. The lowest BCUT2D eigenvalue weighted by molar-refractivity contribution is 0.0563. The molecule has 0 saturated carbocycles. The summed E-state index contributed by atoms with van der Waals surface area (Å²) in [5.74, 6) is -0.773. The van der Waals surface area contributed by atoms with Crippen molar-refractivity contribution in [2.75, 3.05) is 6.54 Å². The third-order valence-electron chi connectivity index (χ3n) is 4.84. The lowest BCUT2D eigenvalue weighted by Gasteiger charge is -2.36. The summed E-state index contributed by atoms with van der Waals surface area (Å²) in [6.07, 6.45) is 5.28. The van der Waals surface area contributed by atoms with Crippen molar-refractivity contribution in [3.8, 4) is 0 Å². The molecule has 0 aliphatic carbocycles. The molecule has 1 aromatic carbocycles. The number of amides is 2. The van der Waals surface area contributed by atoms with E-state index in [1.165, 1.54) is 24.3 Å². The normalized spacial score (nSPS) is 16.0. The van der Waals surface area contributed by atoms with Gasteiger partial charge in [0.05, 0.1) is 6.04 Å². The molecule has 1 atom stereocenters. The predicted molar refractivity (Wildman–Crippen MR) is 101 cm³/mol. The molecule has 0 fully saturated rings. The zero-order chi connectivity index (χ0) is 19.5. The molecular weight excluding hydrogens is 359 g/mol. The van der Waals surface area contributed by atoms with E-state index in [-0.39, 0.29) is 17.9 Å². The summed E-state index contributed by atoms with van der Waals surface area (Å²) < 4.78 is 15.0. The SMILES string of the molecule is O=C(NCC1Cn2cccc2C(=O)N1Cc1cccnc1)c1ccc(F)cc1. The Morgan fingerprint density at radius 1 is 1.18 bits per heavy atom. The highest BCUT2D eigenvalue weighted by Gasteiger charge is 2.32. The van der Waals surface area contributed by atoms with Crippen molar-refractivity contribution >= 4 is 11.8 Å². The highest BCUT2D eigenvalue weighted by atomic mass is 19.1. The largest absolute Gasteiger partial charge is 0.350 e. The van der Waals surface area contributed by atoms with Crippen LogP contribution in [0.15, 0.2) is 67.1 Å². The second kappa shape index (κ2) is 7.64. The molecule has 1 aliphatic heterocycles. The third kappa shape index (κ3) is 3.64. The zero-order valence-electron chi connectivity index (χ0n) is 15.1. The Labute approximate surface area is 161 Å². The second-order valence-corrected chi connectivity index (χ2v) is 6.71. The molecule has 142 valence electrons. The van der Waals surface area contributed by atoms with E-state index in [0.29, 0.717) is 30.9 Å². The van der Waals surface area contributed by atoms with Crippen LogP contribution in [0.1, 0.15) is 26.4 Å². The maximum absolute atomic E-state index is 13.1. The number of rotatable bonds is 5. The summed E-state index contributed by atoms with van der Waals surface area (Å²) in [5, 5.41) is 2.86. The molecule has 1 N–H and O–H groups in total. The number of halogens is 1. The van der Waals surface area contributed by atoms with E-state index < -0.39 is 5.82 Å². The first-order chi connectivity index (χ1) is 13.6. The van der Waals surface area contributed by atoms with Gasteiger partial charge in [-0.3, -0.25) is 14.6 Å². The molecule has 28 heavy (non-hydrogen) atoms. The zero-order valence-corrected chi connectivity index (χ0v) is 15.1. The van der Waals surface area contributed by atoms with Gasteiger partial charge in [0.25, 0.3) is 11.8 Å². The molecule has 3 aromatic rings. The Hall–Kier alpha value is -3.48. The topological polar surface area (TPSA) is 67.2 Å². The molecule has 3 heterocycles.